The van der Waals surface area contributed by atoms with Crippen molar-refractivity contribution < 1.29 is 14.7 Å². The first-order valence-corrected chi connectivity index (χ1v) is 7.80. The van der Waals surface area contributed by atoms with Crippen LogP contribution in [0.4, 0.5) is 0 Å². The standard InChI is InChI=1S/C15H26N2O3/c1-12-4-2-3-8-17(12)14(18)11-16-9-7-13(10-16)5-6-15(19)20/h12-13H,2-11H2,1H3,(H,19,20). The molecule has 2 aliphatic heterocycles. The van der Waals surface area contributed by atoms with Crippen molar-refractivity contribution in [2.24, 2.45) is 5.92 Å². The fourth-order valence-corrected chi connectivity index (χ4v) is 3.37. The smallest absolute Gasteiger partial charge is 0.303 e. The van der Waals surface area contributed by atoms with E-state index < -0.39 is 5.97 Å². The number of carbonyl (C=O) groups is 2. The summed E-state index contributed by atoms with van der Waals surface area (Å²) >= 11 is 0. The largest absolute Gasteiger partial charge is 0.481 e. The first kappa shape index (κ1) is 15.3. The van der Waals surface area contributed by atoms with Crippen LogP contribution in [0.5, 0.6) is 0 Å². The molecule has 5 heteroatoms. The molecule has 0 aliphatic carbocycles. The molecule has 2 rings (SSSR count). The number of carbonyl (C=O) groups excluding carboxylic acids is 1. The number of hydrogen-bond acceptors (Lipinski definition) is 3. The summed E-state index contributed by atoms with van der Waals surface area (Å²) in [6.45, 7) is 5.35. The van der Waals surface area contributed by atoms with Gasteiger partial charge in [0.15, 0.2) is 0 Å². The van der Waals surface area contributed by atoms with E-state index in [1.165, 1.54) is 6.42 Å². The zero-order valence-electron chi connectivity index (χ0n) is 12.4. The number of carboxylic acids is 1. The van der Waals surface area contributed by atoms with Gasteiger partial charge in [0.2, 0.25) is 5.91 Å². The molecule has 0 aromatic rings. The maximum absolute atomic E-state index is 12.3. The first-order valence-electron chi connectivity index (χ1n) is 7.80. The van der Waals surface area contributed by atoms with Gasteiger partial charge >= 0.3 is 5.97 Å². The molecule has 2 heterocycles. The first-order chi connectivity index (χ1) is 9.56. The molecule has 20 heavy (non-hydrogen) atoms. The summed E-state index contributed by atoms with van der Waals surface area (Å²) in [4.78, 5) is 27.1. The third-order valence-corrected chi connectivity index (χ3v) is 4.62. The molecule has 0 radical (unpaired) electrons. The van der Waals surface area contributed by atoms with Gasteiger partial charge < -0.3 is 10.0 Å². The Morgan fingerprint density at radius 3 is 2.70 bits per heavy atom. The summed E-state index contributed by atoms with van der Waals surface area (Å²) in [5, 5.41) is 8.71. The van der Waals surface area contributed by atoms with Gasteiger partial charge in [0.1, 0.15) is 0 Å². The van der Waals surface area contributed by atoms with Crippen molar-refractivity contribution in [1.29, 1.82) is 0 Å². The van der Waals surface area contributed by atoms with Crippen LogP contribution in [0, 0.1) is 5.92 Å². The molecule has 2 saturated heterocycles. The van der Waals surface area contributed by atoms with Crippen molar-refractivity contribution in [2.75, 3.05) is 26.2 Å². The van der Waals surface area contributed by atoms with Crippen LogP contribution in [0.15, 0.2) is 0 Å². The van der Waals surface area contributed by atoms with Gasteiger partial charge in [-0.15, -0.1) is 0 Å². The average Bonchev–Trinajstić information content (AvgIpc) is 2.84. The van der Waals surface area contributed by atoms with Gasteiger partial charge in [-0.3, -0.25) is 14.5 Å². The van der Waals surface area contributed by atoms with Gasteiger partial charge in [0.25, 0.3) is 0 Å². The van der Waals surface area contributed by atoms with Crippen molar-refractivity contribution in [3.63, 3.8) is 0 Å². The van der Waals surface area contributed by atoms with Gasteiger partial charge in [-0.05, 0) is 51.5 Å². The highest BCUT2D eigenvalue weighted by Gasteiger charge is 2.28. The minimum Gasteiger partial charge on any atom is -0.481 e. The van der Waals surface area contributed by atoms with Crippen molar-refractivity contribution >= 4 is 11.9 Å². The average molecular weight is 282 g/mol. The van der Waals surface area contributed by atoms with E-state index in [1.54, 1.807) is 0 Å². The lowest BCUT2D eigenvalue weighted by molar-refractivity contribution is -0.137. The van der Waals surface area contributed by atoms with Crippen LogP contribution in [-0.4, -0.2) is 59.0 Å². The topological polar surface area (TPSA) is 60.9 Å². The molecule has 0 bridgehead atoms. The van der Waals surface area contributed by atoms with E-state index in [0.29, 0.717) is 18.5 Å². The number of hydrogen-bond donors (Lipinski definition) is 1. The van der Waals surface area contributed by atoms with Gasteiger partial charge in [-0.25, -0.2) is 0 Å². The number of aliphatic carboxylic acids is 1. The molecule has 114 valence electrons. The fourth-order valence-electron chi connectivity index (χ4n) is 3.37. The third-order valence-electron chi connectivity index (χ3n) is 4.62. The van der Waals surface area contributed by atoms with Gasteiger partial charge in [-0.1, -0.05) is 0 Å². The maximum atomic E-state index is 12.3. The molecule has 0 aromatic carbocycles. The molecular formula is C15H26N2O3. The molecule has 5 nitrogen and oxygen atoms in total. The molecule has 2 atom stereocenters. The van der Waals surface area contributed by atoms with E-state index in [9.17, 15) is 9.59 Å². The predicted octanol–water partition coefficient (Wildman–Crippen LogP) is 1.57. The predicted molar refractivity (Wildman–Crippen MR) is 76.4 cm³/mol. The number of piperidine rings is 1. The van der Waals surface area contributed by atoms with Gasteiger partial charge in [-0.2, -0.15) is 0 Å². The Kier molecular flexibility index (Phi) is 5.40. The molecule has 1 N–H and O–H groups in total. The monoisotopic (exact) mass is 282 g/mol. The van der Waals surface area contributed by atoms with Gasteiger partial charge in [0, 0.05) is 25.6 Å². The Labute approximate surface area is 120 Å². The number of amides is 1. The molecular weight excluding hydrogens is 256 g/mol. The lowest BCUT2D eigenvalue weighted by Crippen LogP contribution is -2.46. The van der Waals surface area contributed by atoms with Crippen LogP contribution in [0.1, 0.15) is 45.4 Å². The molecule has 0 saturated carbocycles. The van der Waals surface area contributed by atoms with E-state index in [4.69, 9.17) is 5.11 Å². The highest BCUT2D eigenvalue weighted by molar-refractivity contribution is 5.78. The summed E-state index contributed by atoms with van der Waals surface area (Å²) < 4.78 is 0. The minimum atomic E-state index is -0.721. The normalized spacial score (nSPS) is 27.8. The highest BCUT2D eigenvalue weighted by atomic mass is 16.4. The summed E-state index contributed by atoms with van der Waals surface area (Å²) in [6, 6.07) is 0.377. The van der Waals surface area contributed by atoms with Crippen molar-refractivity contribution in [2.45, 2.75) is 51.5 Å². The van der Waals surface area contributed by atoms with E-state index >= 15 is 0 Å². The second-order valence-electron chi connectivity index (χ2n) is 6.25. The number of nitrogens with zero attached hydrogens (tertiary/aromatic N) is 2. The van der Waals surface area contributed by atoms with Crippen LogP contribution in [-0.2, 0) is 9.59 Å². The van der Waals surface area contributed by atoms with Crippen molar-refractivity contribution in [1.82, 2.24) is 9.80 Å². The summed E-state index contributed by atoms with van der Waals surface area (Å²) in [5.74, 6) is -0.0320. The summed E-state index contributed by atoms with van der Waals surface area (Å²) in [6.07, 6.45) is 5.47. The SMILES string of the molecule is CC1CCCCN1C(=O)CN1CCC(CCC(=O)O)C1. The van der Waals surface area contributed by atoms with Crippen LogP contribution in [0.2, 0.25) is 0 Å². The molecule has 2 aliphatic rings. The van der Waals surface area contributed by atoms with Crippen LogP contribution < -0.4 is 0 Å². The van der Waals surface area contributed by atoms with E-state index in [2.05, 4.69) is 11.8 Å². The van der Waals surface area contributed by atoms with Crippen molar-refractivity contribution in [3.8, 4) is 0 Å². The third kappa shape index (κ3) is 4.20. The molecule has 2 unspecified atom stereocenters. The summed E-state index contributed by atoms with van der Waals surface area (Å²) in [7, 11) is 0. The van der Waals surface area contributed by atoms with E-state index in [0.717, 1.165) is 45.3 Å². The zero-order chi connectivity index (χ0) is 14.5. The number of likely N-dealkylation sites (tertiary alicyclic amines) is 2. The maximum Gasteiger partial charge on any atom is 0.303 e. The van der Waals surface area contributed by atoms with E-state index in [1.807, 2.05) is 4.90 Å². The highest BCUT2D eigenvalue weighted by Crippen LogP contribution is 2.22. The van der Waals surface area contributed by atoms with Crippen LogP contribution in [0.25, 0.3) is 0 Å². The number of rotatable bonds is 5. The quantitative estimate of drug-likeness (QED) is 0.831. The van der Waals surface area contributed by atoms with Crippen molar-refractivity contribution in [3.05, 3.63) is 0 Å². The second-order valence-corrected chi connectivity index (χ2v) is 6.25. The Balaban J connectivity index is 1.74. The Morgan fingerprint density at radius 2 is 2.00 bits per heavy atom. The van der Waals surface area contributed by atoms with E-state index in [-0.39, 0.29) is 12.3 Å². The Morgan fingerprint density at radius 1 is 1.20 bits per heavy atom. The minimum absolute atomic E-state index is 0.246. The molecule has 0 aromatic heterocycles. The Hall–Kier alpha value is -1.10. The molecule has 0 spiro atoms. The second kappa shape index (κ2) is 7.07. The fraction of sp³-hybridized carbons (Fsp3) is 0.867. The van der Waals surface area contributed by atoms with Crippen LogP contribution in [0.3, 0.4) is 0 Å². The lowest BCUT2D eigenvalue weighted by Gasteiger charge is -2.34. The van der Waals surface area contributed by atoms with Gasteiger partial charge in [0.05, 0.1) is 6.54 Å². The zero-order valence-corrected chi connectivity index (χ0v) is 12.4. The molecule has 1 amide bonds. The Bertz CT molecular complexity index is 359. The van der Waals surface area contributed by atoms with Crippen LogP contribution >= 0.6 is 0 Å². The molecule has 2 fully saturated rings. The lowest BCUT2D eigenvalue weighted by atomic mass is 10.0. The number of carboxylic acid groups (broad SMARTS) is 1. The summed E-state index contributed by atoms with van der Waals surface area (Å²) in [5.41, 5.74) is 0.